The van der Waals surface area contributed by atoms with E-state index in [1.807, 2.05) is 25.1 Å². The van der Waals surface area contributed by atoms with E-state index in [-0.39, 0.29) is 0 Å². The second kappa shape index (κ2) is 6.29. The van der Waals surface area contributed by atoms with Gasteiger partial charge in [-0.1, -0.05) is 25.1 Å². The van der Waals surface area contributed by atoms with Crippen molar-refractivity contribution in [1.29, 1.82) is 10.5 Å². The summed E-state index contributed by atoms with van der Waals surface area (Å²) < 4.78 is 6.54. The van der Waals surface area contributed by atoms with Crippen molar-refractivity contribution in [2.75, 3.05) is 5.75 Å². The number of rotatable bonds is 4. The lowest BCUT2D eigenvalue weighted by molar-refractivity contribution is 0.481. The number of para-hydroxylation sites is 1. The average Bonchev–Trinajstić information content (AvgIpc) is 2.77. The van der Waals surface area contributed by atoms with Gasteiger partial charge in [0.2, 0.25) is 0 Å². The number of hydrogen-bond donors (Lipinski definition) is 0. The molecule has 94 valence electrons. The van der Waals surface area contributed by atoms with Gasteiger partial charge in [-0.15, -0.1) is 23.1 Å². The number of thioether (sulfide) groups is 1. The fourth-order valence-electron chi connectivity index (χ4n) is 1.50. The molecule has 0 spiro atoms. The summed E-state index contributed by atoms with van der Waals surface area (Å²) in [6.45, 7) is 2.01. The molecule has 0 radical (unpaired) electrons. The van der Waals surface area contributed by atoms with Crippen LogP contribution in [0.3, 0.4) is 0 Å². The highest BCUT2D eigenvalue weighted by atomic mass is 32.2. The summed E-state index contributed by atoms with van der Waals surface area (Å²) in [6, 6.07) is 13.4. The number of hydrogen-bond acceptors (Lipinski definition) is 5. The Bertz CT molecular complexity index is 651. The topological polar surface area (TPSA) is 56.8 Å². The average molecular weight is 286 g/mol. The number of thiophene rings is 1. The van der Waals surface area contributed by atoms with Crippen molar-refractivity contribution in [3.05, 3.63) is 40.8 Å². The first-order valence-electron chi connectivity index (χ1n) is 5.62. The van der Waals surface area contributed by atoms with Crippen molar-refractivity contribution >= 4 is 23.1 Å². The van der Waals surface area contributed by atoms with Crippen LogP contribution in [0, 0.1) is 22.7 Å². The number of nitrogens with zero attached hydrogens (tertiary/aromatic N) is 2. The zero-order valence-electron chi connectivity index (χ0n) is 10.2. The Morgan fingerprint density at radius 2 is 1.95 bits per heavy atom. The van der Waals surface area contributed by atoms with Gasteiger partial charge in [0.15, 0.2) is 5.75 Å². The third-order valence-electron chi connectivity index (χ3n) is 2.28. The molecule has 19 heavy (non-hydrogen) atoms. The van der Waals surface area contributed by atoms with Gasteiger partial charge in [0, 0.05) is 0 Å². The van der Waals surface area contributed by atoms with Gasteiger partial charge in [-0.3, -0.25) is 0 Å². The molecule has 0 unspecified atom stereocenters. The monoisotopic (exact) mass is 286 g/mol. The minimum atomic E-state index is 0.372. The molecule has 0 atom stereocenters. The molecule has 1 aromatic heterocycles. The van der Waals surface area contributed by atoms with Crippen LogP contribution in [0.1, 0.15) is 17.4 Å². The minimum absolute atomic E-state index is 0.372. The van der Waals surface area contributed by atoms with Crippen LogP contribution in [0.4, 0.5) is 0 Å². The van der Waals surface area contributed by atoms with Gasteiger partial charge < -0.3 is 4.74 Å². The maximum atomic E-state index is 9.27. The molecule has 0 aliphatic rings. The van der Waals surface area contributed by atoms with Gasteiger partial charge in [-0.2, -0.15) is 10.5 Å². The fraction of sp³-hybridized carbons (Fsp3) is 0.143. The molecule has 0 aliphatic heterocycles. The minimum Gasteiger partial charge on any atom is -0.454 e. The normalized spacial score (nSPS) is 9.63. The first-order valence-corrected chi connectivity index (χ1v) is 7.43. The van der Waals surface area contributed by atoms with Gasteiger partial charge in [-0.25, -0.2) is 0 Å². The SMILES string of the molecule is CCSc1sc(C#N)c(Oc2ccccc2)c1C#N. The zero-order valence-corrected chi connectivity index (χ0v) is 11.8. The number of ether oxygens (including phenoxy) is 1. The quantitative estimate of drug-likeness (QED) is 0.782. The second-order valence-corrected chi connectivity index (χ2v) is 6.05. The zero-order chi connectivity index (χ0) is 13.7. The third kappa shape index (κ3) is 2.90. The van der Waals surface area contributed by atoms with Gasteiger partial charge in [0.1, 0.15) is 28.3 Å². The van der Waals surface area contributed by atoms with Crippen molar-refractivity contribution in [1.82, 2.24) is 0 Å². The van der Waals surface area contributed by atoms with Gasteiger partial charge >= 0.3 is 0 Å². The van der Waals surface area contributed by atoms with Gasteiger partial charge in [0.05, 0.1) is 4.21 Å². The maximum absolute atomic E-state index is 9.27. The first kappa shape index (κ1) is 13.5. The Hall–Kier alpha value is -1.95. The molecule has 0 amide bonds. The molecule has 2 rings (SSSR count). The van der Waals surface area contributed by atoms with Gasteiger partial charge in [0.25, 0.3) is 0 Å². The molecule has 2 aromatic rings. The highest BCUT2D eigenvalue weighted by Crippen LogP contribution is 2.42. The second-order valence-electron chi connectivity index (χ2n) is 3.49. The largest absolute Gasteiger partial charge is 0.454 e. The van der Waals surface area contributed by atoms with Crippen LogP contribution in [-0.4, -0.2) is 5.75 Å². The predicted molar refractivity (Wildman–Crippen MR) is 76.7 cm³/mol. The van der Waals surface area contributed by atoms with Crippen LogP contribution < -0.4 is 4.74 Å². The summed E-state index contributed by atoms with van der Waals surface area (Å²) in [5, 5.41) is 18.4. The van der Waals surface area contributed by atoms with E-state index in [1.54, 1.807) is 23.9 Å². The van der Waals surface area contributed by atoms with Crippen molar-refractivity contribution in [2.24, 2.45) is 0 Å². The fourth-order valence-corrected chi connectivity index (χ4v) is 3.59. The lowest BCUT2D eigenvalue weighted by Gasteiger charge is -2.04. The summed E-state index contributed by atoms with van der Waals surface area (Å²) in [4.78, 5) is 0.441. The highest BCUT2D eigenvalue weighted by Gasteiger charge is 2.20. The molecular formula is C14H10N2OS2. The van der Waals surface area contributed by atoms with Crippen molar-refractivity contribution in [3.8, 4) is 23.6 Å². The van der Waals surface area contributed by atoms with Crippen LogP contribution in [0.25, 0.3) is 0 Å². The van der Waals surface area contributed by atoms with Crippen LogP contribution in [0.5, 0.6) is 11.5 Å². The number of benzene rings is 1. The molecule has 3 nitrogen and oxygen atoms in total. The Morgan fingerprint density at radius 3 is 2.53 bits per heavy atom. The van der Waals surface area contributed by atoms with E-state index < -0.39 is 0 Å². The van der Waals surface area contributed by atoms with E-state index in [4.69, 9.17) is 10.00 Å². The van der Waals surface area contributed by atoms with E-state index in [0.717, 1.165) is 9.96 Å². The van der Waals surface area contributed by atoms with Crippen molar-refractivity contribution in [3.63, 3.8) is 0 Å². The molecule has 0 saturated carbocycles. The Labute approximate surface area is 120 Å². The Balaban J connectivity index is 2.44. The Kier molecular flexibility index (Phi) is 4.46. The predicted octanol–water partition coefficient (Wildman–Crippen LogP) is 4.40. The molecular weight excluding hydrogens is 276 g/mol. The smallest absolute Gasteiger partial charge is 0.175 e. The van der Waals surface area contributed by atoms with E-state index in [1.165, 1.54) is 11.3 Å². The van der Waals surface area contributed by atoms with E-state index >= 15 is 0 Å². The molecule has 0 saturated heterocycles. The van der Waals surface area contributed by atoms with E-state index in [2.05, 4.69) is 12.1 Å². The molecule has 0 fully saturated rings. The molecule has 5 heteroatoms. The van der Waals surface area contributed by atoms with Gasteiger partial charge in [-0.05, 0) is 17.9 Å². The lowest BCUT2D eigenvalue weighted by atomic mass is 10.3. The molecule has 1 aromatic carbocycles. The van der Waals surface area contributed by atoms with Crippen LogP contribution >= 0.6 is 23.1 Å². The lowest BCUT2D eigenvalue weighted by Crippen LogP contribution is -1.87. The summed E-state index contributed by atoms with van der Waals surface area (Å²) >= 11 is 2.86. The van der Waals surface area contributed by atoms with Crippen LogP contribution in [-0.2, 0) is 0 Å². The third-order valence-corrected chi connectivity index (χ3v) is 4.51. The summed E-state index contributed by atoms with van der Waals surface area (Å²) in [6.07, 6.45) is 0. The molecule has 1 heterocycles. The van der Waals surface area contributed by atoms with E-state index in [9.17, 15) is 5.26 Å². The van der Waals surface area contributed by atoms with E-state index in [0.29, 0.717) is 21.9 Å². The highest BCUT2D eigenvalue weighted by molar-refractivity contribution is 8.01. The van der Waals surface area contributed by atoms with Crippen molar-refractivity contribution < 1.29 is 4.74 Å². The maximum Gasteiger partial charge on any atom is 0.175 e. The summed E-state index contributed by atoms with van der Waals surface area (Å²) in [5.74, 6) is 1.85. The molecule has 0 N–H and O–H groups in total. The summed E-state index contributed by atoms with van der Waals surface area (Å²) in [7, 11) is 0. The van der Waals surface area contributed by atoms with Crippen LogP contribution in [0.2, 0.25) is 0 Å². The Morgan fingerprint density at radius 1 is 1.21 bits per heavy atom. The summed E-state index contributed by atoms with van der Waals surface area (Å²) in [5.41, 5.74) is 0.456. The molecule has 0 bridgehead atoms. The number of nitriles is 2. The standard InChI is InChI=1S/C14H10N2OS2/c1-2-18-14-11(8-15)13(12(9-16)19-14)17-10-6-4-3-5-7-10/h3-7H,2H2,1H3. The first-order chi connectivity index (χ1) is 9.30. The van der Waals surface area contributed by atoms with Crippen LogP contribution in [0.15, 0.2) is 34.5 Å². The molecule has 0 aliphatic carbocycles. The van der Waals surface area contributed by atoms with Crippen molar-refractivity contribution in [2.45, 2.75) is 11.1 Å².